The molecule has 0 unspecified atom stereocenters. The molecule has 1 fully saturated rings. The van der Waals surface area contributed by atoms with Gasteiger partial charge in [0.1, 0.15) is 12.4 Å². The first-order valence-electron chi connectivity index (χ1n) is 8.64. The minimum atomic E-state index is 0.621. The highest BCUT2D eigenvalue weighted by atomic mass is 16.5. The van der Waals surface area contributed by atoms with Gasteiger partial charge >= 0.3 is 0 Å². The second-order valence-electron chi connectivity index (χ2n) is 5.99. The summed E-state index contributed by atoms with van der Waals surface area (Å²) in [5, 5.41) is 6.65. The largest absolute Gasteiger partial charge is 0.492 e. The van der Waals surface area contributed by atoms with Crippen LogP contribution in [0.3, 0.4) is 0 Å². The lowest BCUT2D eigenvalue weighted by molar-refractivity contribution is 0.232. The number of ether oxygens (including phenoxy) is 1. The molecule has 23 heavy (non-hydrogen) atoms. The summed E-state index contributed by atoms with van der Waals surface area (Å²) in [7, 11) is 1.80. The number of benzene rings is 1. The summed E-state index contributed by atoms with van der Waals surface area (Å²) in [6.45, 7) is 7.91. The van der Waals surface area contributed by atoms with Gasteiger partial charge in [0, 0.05) is 20.1 Å². The highest BCUT2D eigenvalue weighted by molar-refractivity contribution is 5.79. The Morgan fingerprint density at radius 3 is 2.48 bits per heavy atom. The second-order valence-corrected chi connectivity index (χ2v) is 5.99. The van der Waals surface area contributed by atoms with Crippen LogP contribution in [0.5, 0.6) is 5.75 Å². The van der Waals surface area contributed by atoms with Crippen LogP contribution in [-0.2, 0) is 0 Å². The molecule has 0 aliphatic carbocycles. The van der Waals surface area contributed by atoms with Gasteiger partial charge in [-0.2, -0.15) is 0 Å². The summed E-state index contributed by atoms with van der Waals surface area (Å²) in [6.07, 6.45) is 4.06. The molecule has 128 valence electrons. The fourth-order valence-electron chi connectivity index (χ4n) is 2.71. The minimum Gasteiger partial charge on any atom is -0.492 e. The molecule has 5 heteroatoms. The minimum absolute atomic E-state index is 0.621. The molecule has 1 aromatic carbocycles. The van der Waals surface area contributed by atoms with Gasteiger partial charge in [0.25, 0.3) is 0 Å². The first kappa shape index (κ1) is 17.6. The summed E-state index contributed by atoms with van der Waals surface area (Å²) >= 11 is 0. The summed E-state index contributed by atoms with van der Waals surface area (Å²) < 4.78 is 5.70. The average Bonchev–Trinajstić information content (AvgIpc) is 2.59. The SMILES string of the molecule is CN=C(NCCOc1ccc(C)cc1)NCCN1CCCCC1. The maximum Gasteiger partial charge on any atom is 0.191 e. The third kappa shape index (κ3) is 6.91. The van der Waals surface area contributed by atoms with Crippen LogP contribution in [0.15, 0.2) is 29.3 Å². The Morgan fingerprint density at radius 2 is 1.78 bits per heavy atom. The molecule has 5 nitrogen and oxygen atoms in total. The predicted octanol–water partition coefficient (Wildman–Crippen LogP) is 2.02. The number of aliphatic imine (C=N–C) groups is 1. The number of nitrogens with zero attached hydrogens (tertiary/aromatic N) is 2. The van der Waals surface area contributed by atoms with Crippen molar-refractivity contribution in [2.24, 2.45) is 4.99 Å². The van der Waals surface area contributed by atoms with Crippen LogP contribution < -0.4 is 15.4 Å². The van der Waals surface area contributed by atoms with E-state index in [-0.39, 0.29) is 0 Å². The number of aryl methyl sites for hydroxylation is 1. The lowest BCUT2D eigenvalue weighted by atomic mass is 10.1. The molecule has 1 aliphatic heterocycles. The number of nitrogens with one attached hydrogen (secondary N) is 2. The molecule has 0 amide bonds. The Bertz CT molecular complexity index is 466. The standard InChI is InChI=1S/C18H30N4O/c1-16-6-8-17(9-7-16)23-15-11-21-18(19-2)20-10-14-22-12-4-3-5-13-22/h6-9H,3-5,10-15H2,1-2H3,(H2,19,20,21). The monoisotopic (exact) mass is 318 g/mol. The summed E-state index contributed by atoms with van der Waals surface area (Å²) in [5.41, 5.74) is 1.24. The smallest absolute Gasteiger partial charge is 0.191 e. The van der Waals surface area contributed by atoms with Gasteiger partial charge in [0.05, 0.1) is 6.54 Å². The molecular weight excluding hydrogens is 288 g/mol. The molecular formula is C18H30N4O. The van der Waals surface area contributed by atoms with Crippen molar-refractivity contribution in [1.82, 2.24) is 15.5 Å². The normalized spacial score (nSPS) is 16.2. The number of likely N-dealkylation sites (tertiary alicyclic amines) is 1. The van der Waals surface area contributed by atoms with E-state index in [0.29, 0.717) is 6.61 Å². The van der Waals surface area contributed by atoms with E-state index in [9.17, 15) is 0 Å². The van der Waals surface area contributed by atoms with Crippen molar-refractivity contribution in [3.8, 4) is 5.75 Å². The van der Waals surface area contributed by atoms with Crippen LogP contribution in [-0.4, -0.2) is 57.2 Å². The van der Waals surface area contributed by atoms with Crippen LogP contribution >= 0.6 is 0 Å². The van der Waals surface area contributed by atoms with Crippen LogP contribution in [0.4, 0.5) is 0 Å². The Hall–Kier alpha value is -1.75. The molecule has 2 rings (SSSR count). The van der Waals surface area contributed by atoms with Crippen molar-refractivity contribution in [2.75, 3.05) is 46.4 Å². The third-order valence-electron chi connectivity index (χ3n) is 4.08. The zero-order valence-corrected chi connectivity index (χ0v) is 14.5. The lowest BCUT2D eigenvalue weighted by Gasteiger charge is -2.26. The predicted molar refractivity (Wildman–Crippen MR) is 96.3 cm³/mol. The van der Waals surface area contributed by atoms with Crippen LogP contribution in [0.25, 0.3) is 0 Å². The van der Waals surface area contributed by atoms with Crippen LogP contribution in [0.2, 0.25) is 0 Å². The fraction of sp³-hybridized carbons (Fsp3) is 0.611. The number of guanidine groups is 1. The molecule has 0 radical (unpaired) electrons. The van der Waals surface area contributed by atoms with Crippen LogP contribution in [0, 0.1) is 6.92 Å². The van der Waals surface area contributed by atoms with Crippen molar-refractivity contribution in [2.45, 2.75) is 26.2 Å². The van der Waals surface area contributed by atoms with Gasteiger partial charge in [-0.05, 0) is 45.0 Å². The van der Waals surface area contributed by atoms with E-state index >= 15 is 0 Å². The molecule has 1 saturated heterocycles. The van der Waals surface area contributed by atoms with Crippen LogP contribution in [0.1, 0.15) is 24.8 Å². The maximum absolute atomic E-state index is 5.70. The van der Waals surface area contributed by atoms with Crippen molar-refractivity contribution in [3.05, 3.63) is 29.8 Å². The molecule has 2 N–H and O–H groups in total. The van der Waals surface area contributed by atoms with E-state index in [1.165, 1.54) is 37.9 Å². The molecule has 0 bridgehead atoms. The van der Waals surface area contributed by atoms with E-state index in [1.54, 1.807) is 7.05 Å². The number of hydrogen-bond donors (Lipinski definition) is 2. The first-order valence-corrected chi connectivity index (χ1v) is 8.64. The fourth-order valence-corrected chi connectivity index (χ4v) is 2.71. The van der Waals surface area contributed by atoms with E-state index in [1.807, 2.05) is 12.1 Å². The number of hydrogen-bond acceptors (Lipinski definition) is 3. The van der Waals surface area contributed by atoms with Gasteiger partial charge < -0.3 is 20.3 Å². The maximum atomic E-state index is 5.70. The topological polar surface area (TPSA) is 48.9 Å². The molecule has 0 atom stereocenters. The molecule has 1 aliphatic rings. The zero-order chi connectivity index (χ0) is 16.3. The Balaban J connectivity index is 1.56. The van der Waals surface area contributed by atoms with Crippen molar-refractivity contribution in [1.29, 1.82) is 0 Å². The van der Waals surface area contributed by atoms with E-state index in [2.05, 4.69) is 39.6 Å². The lowest BCUT2D eigenvalue weighted by Crippen LogP contribution is -2.43. The molecule has 0 aromatic heterocycles. The first-order chi connectivity index (χ1) is 11.3. The van der Waals surface area contributed by atoms with Crippen molar-refractivity contribution >= 4 is 5.96 Å². The molecule has 0 spiro atoms. The highest BCUT2D eigenvalue weighted by Gasteiger charge is 2.09. The van der Waals surface area contributed by atoms with Crippen molar-refractivity contribution in [3.63, 3.8) is 0 Å². The van der Waals surface area contributed by atoms with Gasteiger partial charge in [0.2, 0.25) is 0 Å². The van der Waals surface area contributed by atoms with Crippen molar-refractivity contribution < 1.29 is 4.74 Å². The van der Waals surface area contributed by atoms with E-state index in [0.717, 1.165) is 31.3 Å². The zero-order valence-electron chi connectivity index (χ0n) is 14.5. The molecule has 1 heterocycles. The number of piperidine rings is 1. The van der Waals surface area contributed by atoms with Gasteiger partial charge in [-0.1, -0.05) is 24.1 Å². The summed E-state index contributed by atoms with van der Waals surface area (Å²) in [5.74, 6) is 1.75. The Kier molecular flexibility index (Phi) is 7.73. The summed E-state index contributed by atoms with van der Waals surface area (Å²) in [4.78, 5) is 6.77. The molecule has 0 saturated carbocycles. The number of rotatable bonds is 7. The Morgan fingerprint density at radius 1 is 1.09 bits per heavy atom. The quantitative estimate of drug-likeness (QED) is 0.459. The third-order valence-corrected chi connectivity index (χ3v) is 4.08. The van der Waals surface area contributed by atoms with Gasteiger partial charge in [-0.3, -0.25) is 4.99 Å². The van der Waals surface area contributed by atoms with Gasteiger partial charge in [0.15, 0.2) is 5.96 Å². The average molecular weight is 318 g/mol. The van der Waals surface area contributed by atoms with E-state index < -0.39 is 0 Å². The van der Waals surface area contributed by atoms with Gasteiger partial charge in [-0.15, -0.1) is 0 Å². The molecule has 1 aromatic rings. The highest BCUT2D eigenvalue weighted by Crippen LogP contribution is 2.10. The summed E-state index contributed by atoms with van der Waals surface area (Å²) in [6, 6.07) is 8.12. The van der Waals surface area contributed by atoms with E-state index in [4.69, 9.17) is 4.74 Å². The second kappa shape index (κ2) is 10.1. The Labute approximate surface area is 140 Å². The van der Waals surface area contributed by atoms with Gasteiger partial charge in [-0.25, -0.2) is 0 Å².